The van der Waals surface area contributed by atoms with E-state index in [2.05, 4.69) is 28.8 Å². The molecule has 1 aromatic heterocycles. The molecule has 0 saturated carbocycles. The number of nitrogens with one attached hydrogen (secondary N) is 2. The molecule has 2 aliphatic heterocycles. The maximum absolute atomic E-state index is 11.8. The first-order valence-corrected chi connectivity index (χ1v) is 9.47. The summed E-state index contributed by atoms with van der Waals surface area (Å²) < 4.78 is 6.19. The maximum Gasteiger partial charge on any atom is 0.338 e. The van der Waals surface area contributed by atoms with Crippen LogP contribution in [-0.4, -0.2) is 17.0 Å². The molecule has 5 rings (SSSR count). The summed E-state index contributed by atoms with van der Waals surface area (Å²) in [6.07, 6.45) is 1.80. The Labute approximate surface area is 163 Å². The lowest BCUT2D eigenvalue weighted by atomic mass is 10.00. The van der Waals surface area contributed by atoms with Crippen LogP contribution in [0.5, 0.6) is 0 Å². The Kier molecular flexibility index (Phi) is 3.60. The molecule has 5 nitrogen and oxygen atoms in total. The molecular weight excluding hydrogens is 380 g/mol. The molecule has 7 heteroatoms. The molecular formula is C20H12N2O3S2. The minimum Gasteiger partial charge on any atom is -0.457 e. The van der Waals surface area contributed by atoms with Crippen LogP contribution in [0.15, 0.2) is 48.2 Å². The fourth-order valence-corrected chi connectivity index (χ4v) is 4.49. The van der Waals surface area contributed by atoms with Crippen molar-refractivity contribution in [1.82, 2.24) is 10.6 Å². The molecule has 2 N–H and O–H groups in total. The molecule has 2 aromatic carbocycles. The van der Waals surface area contributed by atoms with Crippen LogP contribution in [0.2, 0.25) is 0 Å². The Morgan fingerprint density at radius 2 is 1.85 bits per heavy atom. The van der Waals surface area contributed by atoms with Crippen LogP contribution in [0, 0.1) is 0 Å². The zero-order valence-corrected chi connectivity index (χ0v) is 15.5. The zero-order valence-electron chi connectivity index (χ0n) is 13.9. The number of thiocarbonyl (C=S) groups is 1. The van der Waals surface area contributed by atoms with Gasteiger partial charge in [0, 0.05) is 15.1 Å². The van der Waals surface area contributed by atoms with Gasteiger partial charge in [-0.2, -0.15) is 0 Å². The minimum atomic E-state index is -0.257. The van der Waals surface area contributed by atoms with Gasteiger partial charge in [-0.3, -0.25) is 10.1 Å². The zero-order chi connectivity index (χ0) is 18.5. The lowest BCUT2D eigenvalue weighted by Gasteiger charge is -2.03. The second kappa shape index (κ2) is 6.00. The summed E-state index contributed by atoms with van der Waals surface area (Å²) in [5, 5.41) is 6.85. The van der Waals surface area contributed by atoms with Crippen molar-refractivity contribution in [3.8, 4) is 11.1 Å². The number of hydrogen-bond donors (Lipinski definition) is 2. The largest absolute Gasteiger partial charge is 0.457 e. The molecule has 0 spiro atoms. The Morgan fingerprint density at radius 3 is 2.67 bits per heavy atom. The van der Waals surface area contributed by atoms with Crippen molar-refractivity contribution in [3.05, 3.63) is 64.2 Å². The van der Waals surface area contributed by atoms with Crippen LogP contribution in [-0.2, 0) is 16.1 Å². The molecule has 1 amide bonds. The van der Waals surface area contributed by atoms with Crippen LogP contribution in [0.25, 0.3) is 27.3 Å². The van der Waals surface area contributed by atoms with Gasteiger partial charge >= 0.3 is 5.97 Å². The van der Waals surface area contributed by atoms with E-state index >= 15 is 0 Å². The van der Waals surface area contributed by atoms with Crippen molar-refractivity contribution in [2.24, 2.45) is 0 Å². The summed E-state index contributed by atoms with van der Waals surface area (Å²) in [4.78, 5) is 24.4. The number of rotatable bonds is 2. The highest BCUT2D eigenvalue weighted by molar-refractivity contribution is 7.80. The number of fused-ring (bicyclic) bond motifs is 2. The average molecular weight is 392 g/mol. The molecule has 3 heterocycles. The van der Waals surface area contributed by atoms with Crippen LogP contribution in [0.4, 0.5) is 0 Å². The Morgan fingerprint density at radius 1 is 1.04 bits per heavy atom. The Hall–Kier alpha value is -3.03. The summed E-state index contributed by atoms with van der Waals surface area (Å²) in [6, 6.07) is 14.0. The molecule has 132 valence electrons. The van der Waals surface area contributed by atoms with E-state index in [0.29, 0.717) is 23.0 Å². The van der Waals surface area contributed by atoms with Crippen molar-refractivity contribution in [3.63, 3.8) is 0 Å². The molecule has 0 bridgehead atoms. The highest BCUT2D eigenvalue weighted by atomic mass is 32.1. The first-order chi connectivity index (χ1) is 13.1. The topological polar surface area (TPSA) is 67.4 Å². The van der Waals surface area contributed by atoms with Crippen molar-refractivity contribution in [1.29, 1.82) is 0 Å². The second-order valence-corrected chi connectivity index (χ2v) is 7.84. The first-order valence-electron chi connectivity index (χ1n) is 8.25. The SMILES string of the molecule is O=C1NC(=S)N/C1=C/c1cc2ccc(-c3ccc4c(c3)COC4=O)cc2s1. The second-order valence-electron chi connectivity index (χ2n) is 6.32. The number of cyclic esters (lactones) is 1. The average Bonchev–Trinajstić information content (AvgIpc) is 3.31. The number of carbonyl (C=O) groups excluding carboxylic acids is 2. The summed E-state index contributed by atoms with van der Waals surface area (Å²) in [5.74, 6) is -0.472. The Bertz CT molecular complexity index is 1190. The molecule has 2 aliphatic rings. The quantitative estimate of drug-likeness (QED) is 0.396. The number of esters is 1. The van der Waals surface area contributed by atoms with E-state index in [-0.39, 0.29) is 11.9 Å². The molecule has 27 heavy (non-hydrogen) atoms. The number of ether oxygens (including phenoxy) is 1. The standard InChI is InChI=1S/C20H12N2O3S2/c23-18-16(21-20(26)22-18)8-14-6-12-2-1-11(7-17(12)27-14)10-3-4-15-13(5-10)9-25-19(15)24/h1-8H,9H2,(H2,21,22,23,26)/b16-8+. The van der Waals surface area contributed by atoms with Crippen LogP contribution in [0.3, 0.4) is 0 Å². The van der Waals surface area contributed by atoms with Crippen LogP contribution >= 0.6 is 23.6 Å². The third kappa shape index (κ3) is 2.81. The predicted octanol–water partition coefficient (Wildman–Crippen LogP) is 3.58. The maximum atomic E-state index is 11.8. The minimum absolute atomic E-state index is 0.215. The molecule has 0 unspecified atom stereocenters. The third-order valence-electron chi connectivity index (χ3n) is 4.56. The molecule has 1 fully saturated rings. The van der Waals surface area contributed by atoms with Gasteiger partial charge in [-0.1, -0.05) is 18.2 Å². The lowest BCUT2D eigenvalue weighted by Crippen LogP contribution is -2.21. The Balaban J connectivity index is 1.51. The summed E-state index contributed by atoms with van der Waals surface area (Å²) in [6.45, 7) is 0.331. The lowest BCUT2D eigenvalue weighted by molar-refractivity contribution is -0.115. The van der Waals surface area contributed by atoms with Gasteiger partial charge in [0.15, 0.2) is 5.11 Å². The summed E-state index contributed by atoms with van der Waals surface area (Å²) in [7, 11) is 0. The van der Waals surface area contributed by atoms with E-state index in [1.165, 1.54) is 0 Å². The van der Waals surface area contributed by atoms with Gasteiger partial charge in [0.25, 0.3) is 5.91 Å². The van der Waals surface area contributed by atoms with Gasteiger partial charge < -0.3 is 10.1 Å². The highest BCUT2D eigenvalue weighted by Crippen LogP contribution is 2.33. The monoisotopic (exact) mass is 392 g/mol. The van der Waals surface area contributed by atoms with Crippen molar-refractivity contribution in [2.75, 3.05) is 0 Å². The van der Waals surface area contributed by atoms with E-state index in [1.54, 1.807) is 17.4 Å². The number of benzene rings is 2. The van der Waals surface area contributed by atoms with E-state index < -0.39 is 0 Å². The van der Waals surface area contributed by atoms with Gasteiger partial charge in [-0.15, -0.1) is 11.3 Å². The van der Waals surface area contributed by atoms with Crippen LogP contribution in [0.1, 0.15) is 20.8 Å². The van der Waals surface area contributed by atoms with E-state index in [4.69, 9.17) is 17.0 Å². The molecule has 1 saturated heterocycles. The summed E-state index contributed by atoms with van der Waals surface area (Å²) in [5.41, 5.74) is 4.14. The van der Waals surface area contributed by atoms with Gasteiger partial charge in [-0.05, 0) is 59.1 Å². The predicted molar refractivity (Wildman–Crippen MR) is 108 cm³/mol. The van der Waals surface area contributed by atoms with E-state index in [0.717, 1.165) is 31.7 Å². The van der Waals surface area contributed by atoms with Gasteiger partial charge in [0.1, 0.15) is 12.3 Å². The molecule has 0 atom stereocenters. The molecule has 0 aliphatic carbocycles. The molecule has 0 radical (unpaired) electrons. The third-order valence-corrected chi connectivity index (χ3v) is 5.81. The fraction of sp³-hybridized carbons (Fsp3) is 0.0500. The van der Waals surface area contributed by atoms with Crippen molar-refractivity contribution >= 4 is 56.7 Å². The van der Waals surface area contributed by atoms with E-state index in [1.807, 2.05) is 24.3 Å². The summed E-state index contributed by atoms with van der Waals surface area (Å²) >= 11 is 6.56. The highest BCUT2D eigenvalue weighted by Gasteiger charge is 2.22. The van der Waals surface area contributed by atoms with Gasteiger partial charge in [0.2, 0.25) is 0 Å². The fourth-order valence-electron chi connectivity index (χ4n) is 3.24. The van der Waals surface area contributed by atoms with Gasteiger partial charge in [0.05, 0.1) is 5.56 Å². The smallest absolute Gasteiger partial charge is 0.338 e. The molecule has 3 aromatic rings. The number of thiophene rings is 1. The van der Waals surface area contributed by atoms with E-state index in [9.17, 15) is 9.59 Å². The van der Waals surface area contributed by atoms with Gasteiger partial charge in [-0.25, -0.2) is 4.79 Å². The normalized spacial score (nSPS) is 17.2. The van der Waals surface area contributed by atoms with Crippen molar-refractivity contribution in [2.45, 2.75) is 6.61 Å². The van der Waals surface area contributed by atoms with Crippen molar-refractivity contribution < 1.29 is 14.3 Å². The van der Waals surface area contributed by atoms with Crippen LogP contribution < -0.4 is 10.6 Å². The first kappa shape index (κ1) is 16.2. The number of amides is 1. The number of carbonyl (C=O) groups is 2. The number of hydrogen-bond acceptors (Lipinski definition) is 5.